The lowest BCUT2D eigenvalue weighted by Crippen LogP contribution is -2.14. The molecule has 0 spiro atoms. The van der Waals surface area contributed by atoms with E-state index in [0.29, 0.717) is 6.04 Å². The summed E-state index contributed by atoms with van der Waals surface area (Å²) in [7, 11) is 0. The van der Waals surface area contributed by atoms with Crippen LogP contribution >= 0.6 is 0 Å². The van der Waals surface area contributed by atoms with Crippen LogP contribution in [0, 0.1) is 6.92 Å². The van der Waals surface area contributed by atoms with Crippen LogP contribution in [0.1, 0.15) is 31.2 Å². The van der Waals surface area contributed by atoms with Crippen LogP contribution in [0.5, 0.6) is 0 Å². The van der Waals surface area contributed by atoms with Crippen molar-refractivity contribution in [2.45, 2.75) is 38.6 Å². The lowest BCUT2D eigenvalue weighted by Gasteiger charge is -2.14. The average Bonchev–Trinajstić information content (AvgIpc) is 2.87. The first-order valence-corrected chi connectivity index (χ1v) is 6.03. The van der Waals surface area contributed by atoms with E-state index in [-0.39, 0.29) is 0 Å². The predicted octanol–water partition coefficient (Wildman–Crippen LogP) is 3.23. The highest BCUT2D eigenvalue weighted by Crippen LogP contribution is 2.27. The van der Waals surface area contributed by atoms with Gasteiger partial charge in [0.15, 0.2) is 0 Å². The zero-order valence-corrected chi connectivity index (χ0v) is 9.59. The van der Waals surface area contributed by atoms with E-state index in [9.17, 15) is 0 Å². The van der Waals surface area contributed by atoms with Crippen molar-refractivity contribution >= 4 is 16.6 Å². The molecule has 1 aliphatic rings. The number of aryl methyl sites for hydroxylation is 1. The largest absolute Gasteiger partial charge is 0.381 e. The molecular formula is C13H17N3. The SMILES string of the molecule is Cc1cc(NC2CCCC2)c2[nH]ncc2c1. The van der Waals surface area contributed by atoms with E-state index >= 15 is 0 Å². The van der Waals surface area contributed by atoms with Gasteiger partial charge >= 0.3 is 0 Å². The quantitative estimate of drug-likeness (QED) is 0.807. The van der Waals surface area contributed by atoms with Crippen LogP contribution in [0.2, 0.25) is 0 Å². The first-order chi connectivity index (χ1) is 7.83. The van der Waals surface area contributed by atoms with Gasteiger partial charge in [-0.1, -0.05) is 12.8 Å². The number of nitrogens with one attached hydrogen (secondary N) is 2. The second kappa shape index (κ2) is 3.81. The maximum absolute atomic E-state index is 4.11. The molecule has 1 saturated carbocycles. The fourth-order valence-corrected chi connectivity index (χ4v) is 2.61. The molecule has 0 unspecified atom stereocenters. The van der Waals surface area contributed by atoms with Crippen LogP contribution < -0.4 is 5.32 Å². The summed E-state index contributed by atoms with van der Waals surface area (Å²) in [6.45, 7) is 2.13. The molecule has 3 nitrogen and oxygen atoms in total. The van der Waals surface area contributed by atoms with E-state index in [1.807, 2.05) is 6.20 Å². The van der Waals surface area contributed by atoms with Gasteiger partial charge in [0, 0.05) is 11.4 Å². The van der Waals surface area contributed by atoms with Gasteiger partial charge in [0.05, 0.1) is 17.4 Å². The maximum atomic E-state index is 4.11. The normalized spacial score (nSPS) is 17.1. The number of anilines is 1. The van der Waals surface area contributed by atoms with E-state index in [4.69, 9.17) is 0 Å². The molecule has 1 fully saturated rings. The summed E-state index contributed by atoms with van der Waals surface area (Å²) in [5, 5.41) is 12.0. The van der Waals surface area contributed by atoms with Crippen LogP contribution in [0.4, 0.5) is 5.69 Å². The standard InChI is InChI=1S/C13H17N3/c1-9-6-10-8-14-16-13(10)12(7-9)15-11-4-2-3-5-11/h6-8,11,15H,2-5H2,1H3,(H,14,16). The van der Waals surface area contributed by atoms with E-state index in [1.54, 1.807) is 0 Å². The second-order valence-electron chi connectivity index (χ2n) is 4.77. The van der Waals surface area contributed by atoms with Crippen LogP contribution in [0.25, 0.3) is 10.9 Å². The minimum Gasteiger partial charge on any atom is -0.381 e. The minimum atomic E-state index is 0.647. The fraction of sp³-hybridized carbons (Fsp3) is 0.462. The molecule has 16 heavy (non-hydrogen) atoms. The van der Waals surface area contributed by atoms with Crippen LogP contribution in [-0.2, 0) is 0 Å². The molecule has 0 saturated heterocycles. The van der Waals surface area contributed by atoms with Gasteiger partial charge < -0.3 is 5.32 Å². The highest BCUT2D eigenvalue weighted by atomic mass is 15.1. The molecule has 0 aliphatic heterocycles. The molecule has 1 heterocycles. The van der Waals surface area contributed by atoms with Crippen molar-refractivity contribution in [3.8, 4) is 0 Å². The smallest absolute Gasteiger partial charge is 0.0881 e. The predicted molar refractivity (Wildman–Crippen MR) is 66.7 cm³/mol. The van der Waals surface area contributed by atoms with Crippen molar-refractivity contribution in [3.05, 3.63) is 23.9 Å². The fourth-order valence-electron chi connectivity index (χ4n) is 2.61. The summed E-state index contributed by atoms with van der Waals surface area (Å²) in [4.78, 5) is 0. The van der Waals surface area contributed by atoms with E-state index in [2.05, 4.69) is 34.6 Å². The topological polar surface area (TPSA) is 40.7 Å². The van der Waals surface area contributed by atoms with Gasteiger partial charge in [0.1, 0.15) is 0 Å². The van der Waals surface area contributed by atoms with Crippen molar-refractivity contribution in [2.24, 2.45) is 0 Å². The lowest BCUT2D eigenvalue weighted by atomic mass is 10.1. The number of H-pyrrole nitrogens is 1. The Morgan fingerprint density at radius 1 is 1.31 bits per heavy atom. The third-order valence-corrected chi connectivity index (χ3v) is 3.41. The molecule has 1 aromatic carbocycles. The monoisotopic (exact) mass is 215 g/mol. The van der Waals surface area contributed by atoms with Gasteiger partial charge in [-0.3, -0.25) is 5.10 Å². The molecule has 0 bridgehead atoms. The van der Waals surface area contributed by atoms with Gasteiger partial charge in [0.25, 0.3) is 0 Å². The van der Waals surface area contributed by atoms with Crippen molar-refractivity contribution in [1.82, 2.24) is 10.2 Å². The average molecular weight is 215 g/mol. The second-order valence-corrected chi connectivity index (χ2v) is 4.77. The number of hydrogen-bond acceptors (Lipinski definition) is 2. The van der Waals surface area contributed by atoms with Gasteiger partial charge in [-0.2, -0.15) is 5.10 Å². The number of fused-ring (bicyclic) bond motifs is 1. The van der Waals surface area contributed by atoms with Crippen LogP contribution in [0.3, 0.4) is 0 Å². The Hall–Kier alpha value is -1.51. The molecule has 0 amide bonds. The number of hydrogen-bond donors (Lipinski definition) is 2. The zero-order valence-electron chi connectivity index (χ0n) is 9.59. The Morgan fingerprint density at radius 3 is 2.94 bits per heavy atom. The van der Waals surface area contributed by atoms with Crippen molar-refractivity contribution in [3.63, 3.8) is 0 Å². The Morgan fingerprint density at radius 2 is 2.12 bits per heavy atom. The Labute approximate surface area is 95.2 Å². The summed E-state index contributed by atoms with van der Waals surface area (Å²) in [6.07, 6.45) is 7.19. The zero-order chi connectivity index (χ0) is 11.0. The number of aromatic amines is 1. The number of nitrogens with zero attached hydrogens (tertiary/aromatic N) is 1. The number of rotatable bonds is 2. The molecule has 3 rings (SSSR count). The van der Waals surface area contributed by atoms with Gasteiger partial charge in [0.2, 0.25) is 0 Å². The molecular weight excluding hydrogens is 198 g/mol. The summed E-state index contributed by atoms with van der Waals surface area (Å²) >= 11 is 0. The van der Waals surface area contributed by atoms with Gasteiger partial charge in [-0.05, 0) is 37.5 Å². The summed E-state index contributed by atoms with van der Waals surface area (Å²) in [5.74, 6) is 0. The highest BCUT2D eigenvalue weighted by molar-refractivity contribution is 5.90. The molecule has 1 aliphatic carbocycles. The third kappa shape index (κ3) is 1.66. The summed E-state index contributed by atoms with van der Waals surface area (Å²) in [5.41, 5.74) is 3.63. The van der Waals surface area contributed by atoms with E-state index in [1.165, 1.54) is 42.3 Å². The molecule has 1 aromatic heterocycles. The van der Waals surface area contributed by atoms with Gasteiger partial charge in [-0.15, -0.1) is 0 Å². The van der Waals surface area contributed by atoms with Gasteiger partial charge in [-0.25, -0.2) is 0 Å². The molecule has 84 valence electrons. The molecule has 2 N–H and O–H groups in total. The summed E-state index contributed by atoms with van der Waals surface area (Å²) in [6, 6.07) is 5.02. The van der Waals surface area contributed by atoms with Crippen LogP contribution in [0.15, 0.2) is 18.3 Å². The molecule has 0 atom stereocenters. The Bertz CT molecular complexity index is 495. The Kier molecular flexibility index (Phi) is 2.31. The summed E-state index contributed by atoms with van der Waals surface area (Å²) < 4.78 is 0. The molecule has 2 aromatic rings. The first kappa shape index (κ1) is 9.70. The maximum Gasteiger partial charge on any atom is 0.0881 e. The number of benzene rings is 1. The molecule has 0 radical (unpaired) electrons. The highest BCUT2D eigenvalue weighted by Gasteiger charge is 2.16. The van der Waals surface area contributed by atoms with Crippen molar-refractivity contribution in [2.75, 3.05) is 5.32 Å². The first-order valence-electron chi connectivity index (χ1n) is 6.03. The lowest BCUT2D eigenvalue weighted by molar-refractivity contribution is 0.756. The van der Waals surface area contributed by atoms with E-state index in [0.717, 1.165) is 5.52 Å². The minimum absolute atomic E-state index is 0.647. The van der Waals surface area contributed by atoms with Crippen molar-refractivity contribution in [1.29, 1.82) is 0 Å². The molecule has 3 heteroatoms. The number of aromatic nitrogens is 2. The van der Waals surface area contributed by atoms with Crippen LogP contribution in [-0.4, -0.2) is 16.2 Å². The third-order valence-electron chi connectivity index (χ3n) is 3.41. The van der Waals surface area contributed by atoms with Crippen molar-refractivity contribution < 1.29 is 0 Å². The Balaban J connectivity index is 1.97. The van der Waals surface area contributed by atoms with E-state index < -0.39 is 0 Å².